The number of rotatable bonds is 8. The van der Waals surface area contributed by atoms with Crippen LogP contribution in [0.1, 0.15) is 22.3 Å². The SMILES string of the molecule is COc1ccc(CCC(=O)Nc2cc(C(=O)O)cc(OC)c2OC)cc1. The molecule has 7 nitrogen and oxygen atoms in total. The number of nitrogens with one attached hydrogen (secondary N) is 1. The Morgan fingerprint density at radius 3 is 2.23 bits per heavy atom. The quantitative estimate of drug-likeness (QED) is 0.752. The first-order valence-corrected chi connectivity index (χ1v) is 7.90. The molecule has 0 heterocycles. The first-order chi connectivity index (χ1) is 12.5. The van der Waals surface area contributed by atoms with Crippen LogP contribution >= 0.6 is 0 Å². The number of carboxylic acids is 1. The van der Waals surface area contributed by atoms with E-state index in [0.717, 1.165) is 11.3 Å². The maximum absolute atomic E-state index is 12.3. The van der Waals surface area contributed by atoms with Gasteiger partial charge in [0.15, 0.2) is 11.5 Å². The fourth-order valence-electron chi connectivity index (χ4n) is 2.44. The number of aromatic carboxylic acids is 1. The fourth-order valence-corrected chi connectivity index (χ4v) is 2.44. The third-order valence-electron chi connectivity index (χ3n) is 3.80. The summed E-state index contributed by atoms with van der Waals surface area (Å²) in [6.45, 7) is 0. The van der Waals surface area contributed by atoms with Gasteiger partial charge in [-0.15, -0.1) is 0 Å². The lowest BCUT2D eigenvalue weighted by molar-refractivity contribution is -0.116. The minimum atomic E-state index is -1.13. The third kappa shape index (κ3) is 4.66. The molecule has 26 heavy (non-hydrogen) atoms. The van der Waals surface area contributed by atoms with Crippen molar-refractivity contribution in [3.63, 3.8) is 0 Å². The summed E-state index contributed by atoms with van der Waals surface area (Å²) >= 11 is 0. The van der Waals surface area contributed by atoms with Gasteiger partial charge in [-0.05, 0) is 36.2 Å². The number of amides is 1. The molecular weight excluding hydrogens is 338 g/mol. The Labute approximate surface area is 151 Å². The topological polar surface area (TPSA) is 94.1 Å². The molecule has 0 bridgehead atoms. The molecular formula is C19H21NO6. The van der Waals surface area contributed by atoms with Gasteiger partial charge in [0, 0.05) is 6.42 Å². The molecule has 2 N–H and O–H groups in total. The summed E-state index contributed by atoms with van der Waals surface area (Å²) in [6.07, 6.45) is 0.767. The molecule has 0 saturated heterocycles. The number of ether oxygens (including phenoxy) is 3. The number of methoxy groups -OCH3 is 3. The second-order valence-electron chi connectivity index (χ2n) is 5.46. The highest BCUT2D eigenvalue weighted by Gasteiger charge is 2.17. The monoisotopic (exact) mass is 359 g/mol. The largest absolute Gasteiger partial charge is 0.497 e. The molecule has 0 aliphatic rings. The van der Waals surface area contributed by atoms with E-state index in [4.69, 9.17) is 14.2 Å². The van der Waals surface area contributed by atoms with Crippen LogP contribution in [0.15, 0.2) is 36.4 Å². The van der Waals surface area contributed by atoms with Gasteiger partial charge in [0.2, 0.25) is 5.91 Å². The molecule has 0 aromatic heterocycles. The third-order valence-corrected chi connectivity index (χ3v) is 3.80. The second-order valence-corrected chi connectivity index (χ2v) is 5.46. The molecule has 138 valence electrons. The molecule has 2 aromatic rings. The van der Waals surface area contributed by atoms with Crippen molar-refractivity contribution in [1.29, 1.82) is 0 Å². The number of hydrogen-bond donors (Lipinski definition) is 2. The van der Waals surface area contributed by atoms with Gasteiger partial charge >= 0.3 is 5.97 Å². The Morgan fingerprint density at radius 1 is 1.00 bits per heavy atom. The summed E-state index contributed by atoms with van der Waals surface area (Å²) in [6, 6.07) is 10.1. The van der Waals surface area contributed by atoms with Crippen molar-refractivity contribution in [1.82, 2.24) is 0 Å². The van der Waals surface area contributed by atoms with Gasteiger partial charge in [0.05, 0.1) is 32.6 Å². The summed E-state index contributed by atoms with van der Waals surface area (Å²) in [5, 5.41) is 11.9. The van der Waals surface area contributed by atoms with Crippen LogP contribution in [0.25, 0.3) is 0 Å². The predicted octanol–water partition coefficient (Wildman–Crippen LogP) is 2.98. The Kier molecular flexibility index (Phi) is 6.43. The molecule has 0 aliphatic heterocycles. The van der Waals surface area contributed by atoms with Crippen molar-refractivity contribution in [3.05, 3.63) is 47.5 Å². The lowest BCUT2D eigenvalue weighted by Crippen LogP contribution is -2.14. The number of aryl methyl sites for hydroxylation is 1. The second kappa shape index (κ2) is 8.75. The van der Waals surface area contributed by atoms with E-state index in [9.17, 15) is 14.7 Å². The van der Waals surface area contributed by atoms with E-state index in [1.807, 2.05) is 24.3 Å². The van der Waals surface area contributed by atoms with Gasteiger partial charge in [0.1, 0.15) is 5.75 Å². The van der Waals surface area contributed by atoms with E-state index in [1.54, 1.807) is 7.11 Å². The fraction of sp³-hybridized carbons (Fsp3) is 0.263. The minimum absolute atomic E-state index is 0.00638. The van der Waals surface area contributed by atoms with E-state index in [0.29, 0.717) is 6.42 Å². The van der Waals surface area contributed by atoms with Crippen LogP contribution in [0.2, 0.25) is 0 Å². The highest BCUT2D eigenvalue weighted by Crippen LogP contribution is 2.36. The number of carbonyl (C=O) groups is 2. The van der Waals surface area contributed by atoms with Crippen LogP contribution in [-0.4, -0.2) is 38.3 Å². The van der Waals surface area contributed by atoms with E-state index < -0.39 is 5.97 Å². The first kappa shape index (κ1) is 19.1. The molecule has 1 amide bonds. The number of carbonyl (C=O) groups excluding carboxylic acids is 1. The maximum Gasteiger partial charge on any atom is 0.335 e. The normalized spacial score (nSPS) is 10.1. The first-order valence-electron chi connectivity index (χ1n) is 7.90. The van der Waals surface area contributed by atoms with Gasteiger partial charge in [-0.3, -0.25) is 4.79 Å². The number of anilines is 1. The lowest BCUT2D eigenvalue weighted by Gasteiger charge is -2.15. The highest BCUT2D eigenvalue weighted by molar-refractivity contribution is 5.96. The van der Waals surface area contributed by atoms with Crippen LogP contribution in [0.5, 0.6) is 17.2 Å². The van der Waals surface area contributed by atoms with Gasteiger partial charge in [0.25, 0.3) is 0 Å². The van der Waals surface area contributed by atoms with Crippen molar-refractivity contribution < 1.29 is 28.9 Å². The standard InChI is InChI=1S/C19H21NO6/c1-24-14-7-4-12(5-8-14)6-9-17(21)20-15-10-13(19(22)23)11-16(25-2)18(15)26-3/h4-5,7-8,10-11H,6,9H2,1-3H3,(H,20,21)(H,22,23). The molecule has 0 saturated carbocycles. The summed E-state index contributed by atoms with van der Waals surface area (Å²) in [5.74, 6) is -0.128. The van der Waals surface area contributed by atoms with Crippen LogP contribution in [0.3, 0.4) is 0 Å². The summed E-state index contributed by atoms with van der Waals surface area (Å²) in [5.41, 5.74) is 1.24. The molecule has 2 aromatic carbocycles. The van der Waals surface area contributed by atoms with Crippen LogP contribution in [0.4, 0.5) is 5.69 Å². The van der Waals surface area contributed by atoms with E-state index in [2.05, 4.69) is 5.32 Å². The molecule has 7 heteroatoms. The van der Waals surface area contributed by atoms with Gasteiger partial charge in [-0.2, -0.15) is 0 Å². The zero-order valence-corrected chi connectivity index (χ0v) is 14.9. The van der Waals surface area contributed by atoms with Gasteiger partial charge < -0.3 is 24.6 Å². The summed E-state index contributed by atoms with van der Waals surface area (Å²) < 4.78 is 15.5. The highest BCUT2D eigenvalue weighted by atomic mass is 16.5. The van der Waals surface area contributed by atoms with Crippen LogP contribution < -0.4 is 19.5 Å². The van der Waals surface area contributed by atoms with Crippen molar-refractivity contribution >= 4 is 17.6 Å². The van der Waals surface area contributed by atoms with Crippen molar-refractivity contribution in [2.24, 2.45) is 0 Å². The summed E-state index contributed by atoms with van der Waals surface area (Å²) in [4.78, 5) is 23.5. The maximum atomic E-state index is 12.3. The predicted molar refractivity (Wildman–Crippen MR) is 96.5 cm³/mol. The van der Waals surface area contributed by atoms with E-state index in [-0.39, 0.29) is 35.1 Å². The zero-order valence-electron chi connectivity index (χ0n) is 14.9. The molecule has 2 rings (SSSR count). The van der Waals surface area contributed by atoms with Crippen molar-refractivity contribution in [2.45, 2.75) is 12.8 Å². The average Bonchev–Trinajstić information content (AvgIpc) is 2.65. The molecule has 0 spiro atoms. The average molecular weight is 359 g/mol. The molecule has 0 unspecified atom stereocenters. The Balaban J connectivity index is 2.11. The molecule has 0 aliphatic carbocycles. The van der Waals surface area contributed by atoms with Crippen molar-refractivity contribution in [2.75, 3.05) is 26.6 Å². The van der Waals surface area contributed by atoms with E-state index >= 15 is 0 Å². The number of hydrogen-bond acceptors (Lipinski definition) is 5. The smallest absolute Gasteiger partial charge is 0.335 e. The lowest BCUT2D eigenvalue weighted by atomic mass is 10.1. The molecule has 0 radical (unpaired) electrons. The minimum Gasteiger partial charge on any atom is -0.497 e. The Bertz CT molecular complexity index is 785. The zero-order chi connectivity index (χ0) is 19.1. The van der Waals surface area contributed by atoms with Gasteiger partial charge in [-0.25, -0.2) is 4.79 Å². The Hall–Kier alpha value is -3.22. The molecule has 0 fully saturated rings. The van der Waals surface area contributed by atoms with Crippen LogP contribution in [0, 0.1) is 0 Å². The Morgan fingerprint density at radius 2 is 1.69 bits per heavy atom. The van der Waals surface area contributed by atoms with Crippen molar-refractivity contribution in [3.8, 4) is 17.2 Å². The number of carboxylic acid groups (broad SMARTS) is 1. The molecule has 0 atom stereocenters. The number of benzene rings is 2. The van der Waals surface area contributed by atoms with Gasteiger partial charge in [-0.1, -0.05) is 12.1 Å². The summed E-state index contributed by atoms with van der Waals surface area (Å²) in [7, 11) is 4.42. The van der Waals surface area contributed by atoms with Crippen LogP contribution in [-0.2, 0) is 11.2 Å². The van der Waals surface area contributed by atoms with E-state index in [1.165, 1.54) is 26.4 Å².